The van der Waals surface area contributed by atoms with Gasteiger partial charge < -0.3 is 19.3 Å². The fourth-order valence-electron chi connectivity index (χ4n) is 11.0. The van der Waals surface area contributed by atoms with Crippen molar-refractivity contribution in [3.63, 3.8) is 0 Å². The number of halogens is 31. The summed E-state index contributed by atoms with van der Waals surface area (Å²) in [6, 6.07) is 21.3. The molecule has 22 nitrogen and oxygen atoms in total. The van der Waals surface area contributed by atoms with Gasteiger partial charge in [0.15, 0.2) is 19.8 Å². The lowest BCUT2D eigenvalue weighted by molar-refractivity contribution is -0.359. The van der Waals surface area contributed by atoms with Crippen LogP contribution in [0.5, 0.6) is 0 Å². The van der Waals surface area contributed by atoms with E-state index in [2.05, 4.69) is 44.1 Å². The van der Waals surface area contributed by atoms with Crippen molar-refractivity contribution in [1.82, 2.24) is 59.8 Å². The topological polar surface area (TPSA) is 305 Å². The van der Waals surface area contributed by atoms with Crippen LogP contribution in [0.4, 0.5) is 123 Å². The third kappa shape index (κ3) is 17.3. The third-order valence-electron chi connectivity index (χ3n) is 17.3. The van der Waals surface area contributed by atoms with E-state index in [9.17, 15) is 152 Å². The number of benzene rings is 8. The van der Waals surface area contributed by atoms with Crippen molar-refractivity contribution in [2.45, 2.75) is 86.9 Å². The average Bonchev–Trinajstić information content (AvgIpc) is 0.719. The number of carbonyl (C=O) groups is 6. The van der Waals surface area contributed by atoms with E-state index in [1.54, 1.807) is 48.5 Å². The van der Waals surface area contributed by atoms with Crippen LogP contribution >= 0.6 is 34.8 Å². The highest BCUT2D eigenvalue weighted by Gasteiger charge is 2.76. The number of nitrogens with zero attached hydrogens (tertiary/aromatic N) is 12. The zero-order valence-corrected chi connectivity index (χ0v) is 60.7. The summed E-state index contributed by atoms with van der Waals surface area (Å²) in [6.07, 6.45) is -26.7. The molecule has 0 amide bonds. The number of hydrogen-bond acceptors (Lipinski definition) is 22. The molecular formula is C72H35Cl3F28N12O10. The van der Waals surface area contributed by atoms with Crippen LogP contribution in [-0.2, 0) is 14.2 Å². The Morgan fingerprint density at radius 1 is 0.240 bits per heavy atom. The molecule has 0 radical (unpaired) electrons. The maximum absolute atomic E-state index is 13.9. The summed E-state index contributed by atoms with van der Waals surface area (Å²) in [5.74, 6) is -55.3. The minimum absolute atomic E-state index is 0. The molecule has 0 aliphatic rings. The molecule has 0 saturated heterocycles. The Balaban J connectivity index is 0.000000255. The first-order chi connectivity index (χ1) is 56.6. The molecule has 6 heterocycles. The molecule has 0 aliphatic carbocycles. The Kier molecular flexibility index (Phi) is 24.8. The van der Waals surface area contributed by atoms with Crippen LogP contribution in [0.2, 0.25) is 0 Å². The summed E-state index contributed by atoms with van der Waals surface area (Å²) >= 11 is 17.1. The fourth-order valence-corrected chi connectivity index (χ4v) is 11.3. The van der Waals surface area contributed by atoms with Crippen molar-refractivity contribution >= 4 is 201 Å². The second kappa shape index (κ2) is 32.6. The molecule has 125 heavy (non-hydrogen) atoms. The number of aliphatic hydroxyl groups excluding tert-OH is 1. The van der Waals surface area contributed by atoms with Crippen LogP contribution in [0.25, 0.3) is 132 Å². The molecular weight excluding hydrogens is 1830 g/mol. The summed E-state index contributed by atoms with van der Waals surface area (Å²) in [6.45, 7) is -10.9. The molecule has 0 spiro atoms. The first kappa shape index (κ1) is 94.9. The maximum atomic E-state index is 13.9. The average molecular weight is 1870 g/mol. The highest BCUT2D eigenvalue weighted by Crippen LogP contribution is 2.51. The van der Waals surface area contributed by atoms with Crippen molar-refractivity contribution in [2.75, 3.05) is 26.4 Å². The van der Waals surface area contributed by atoms with Gasteiger partial charge in [-0.1, -0.05) is 14.9 Å². The van der Waals surface area contributed by atoms with Gasteiger partial charge in [-0.25, -0.2) is 74.2 Å². The van der Waals surface area contributed by atoms with Crippen LogP contribution in [0.1, 0.15) is 77.0 Å². The van der Waals surface area contributed by atoms with E-state index >= 15 is 0 Å². The van der Waals surface area contributed by atoms with Crippen molar-refractivity contribution in [3.05, 3.63) is 143 Å². The molecule has 0 saturated carbocycles. The van der Waals surface area contributed by atoms with E-state index in [4.69, 9.17) is 69.8 Å². The van der Waals surface area contributed by atoms with Crippen molar-refractivity contribution < 1.29 is 171 Å². The lowest BCUT2D eigenvalue weighted by atomic mass is 10.1. The van der Waals surface area contributed by atoms with Gasteiger partial charge in [-0.3, -0.25) is 14.4 Å². The molecule has 0 bridgehead atoms. The summed E-state index contributed by atoms with van der Waals surface area (Å²) < 4.78 is 370. The Morgan fingerprint density at radius 2 is 0.384 bits per heavy atom. The number of aliphatic hydroxyl groups is 1. The summed E-state index contributed by atoms with van der Waals surface area (Å²) in [4.78, 5) is 128. The largest absolute Gasteiger partial charge is 0.460 e. The molecule has 0 atom stereocenters. The second-order valence-corrected chi connectivity index (χ2v) is 26.6. The van der Waals surface area contributed by atoms with Gasteiger partial charge in [0.25, 0.3) is 15.7 Å². The van der Waals surface area contributed by atoms with Gasteiger partial charge in [-0.2, -0.15) is 123 Å². The molecule has 0 aliphatic heterocycles. The van der Waals surface area contributed by atoms with E-state index in [0.717, 1.165) is 42.5 Å². The molecule has 0 fully saturated rings. The number of carbonyl (C=O) groups excluding carboxylic acids is 6. The monoisotopic (exact) mass is 1860 g/mol. The number of esters is 3. The number of aromatic nitrogens is 12. The SMILES string of the molecule is C.C.O=C(Cl)c1ccc2nc3c4nc5ccc(C(=O)Cl)cc5nc4c4nc5cc(C(=O)Cl)ccc5nc4c3nc2c1.O=C(OCC(F)(F)C(F)(F)C(F)(F)F)c1ccc2nc3c4nc5ccc(C(=O)OCC(F)(F)C(F)(F)C(F)(F)F)cc5nc4c4nc5cc(C(=O)OCC(F)(F)C(F)(F)C(F)(F)F)ccc5nc4c3nc2c1.OCC(F)(F)C(F)(F)C(F)(F)F. The highest BCUT2D eigenvalue weighted by molar-refractivity contribution is 6.68. The maximum Gasteiger partial charge on any atom is 0.460 e. The molecule has 6 aromatic heterocycles. The van der Waals surface area contributed by atoms with Gasteiger partial charge in [0.05, 0.1) is 82.9 Å². The van der Waals surface area contributed by atoms with Crippen LogP contribution in [0.3, 0.4) is 0 Å². The zero-order chi connectivity index (χ0) is 90.9. The molecule has 14 rings (SSSR count). The molecule has 660 valence electrons. The normalized spacial score (nSPS) is 13.2. The Hall–Kier alpha value is -12.4. The zero-order valence-electron chi connectivity index (χ0n) is 58.4. The van der Waals surface area contributed by atoms with Crippen LogP contribution < -0.4 is 0 Å². The standard InChI is InChI=1S/C39H15F21N6O6.C27H9Cl3N6O3.C4H3F7O.2CH4/c40-31(41,34(46,47)37(52,53)54)10-70-28(67)13-1-4-16-19(7-13)64-25-22(61-16)23-26(65-20-8-14(2-5-17(20)62-23)29(68)71-11-32(42,43)35(48,49)38(55,56)57)27-24(25)63-18-6-3-15(9-21(18)66-27)30(69)72-12-33(44,45)36(50,51)39(58,59)60;28-25(37)10-1-4-13-16(7-10)34-22-19(31-13)20-23(35-17-8-11(26(29)38)2-5-14(17)32-20)24-21(22)33-15-6-3-12(27(30)39)9-18(15)36-24;5-2(6,1-12)3(7,8)4(9,10)11;;/h1-9H,10-12H2;1-9H;12H,1H2;2*1H4. The Labute approximate surface area is 685 Å². The van der Waals surface area contributed by atoms with Gasteiger partial charge in [-0.05, 0) is 144 Å². The van der Waals surface area contributed by atoms with Gasteiger partial charge in [0.2, 0.25) is 0 Å². The first-order valence-corrected chi connectivity index (χ1v) is 33.7. The molecule has 1 N–H and O–H groups in total. The molecule has 14 aromatic rings. The first-order valence-electron chi connectivity index (χ1n) is 32.6. The quantitative estimate of drug-likeness (QED) is 0.0221. The number of hydrogen-bond donors (Lipinski definition) is 1. The predicted molar refractivity (Wildman–Crippen MR) is 382 cm³/mol. The lowest BCUT2D eigenvalue weighted by Crippen LogP contribution is -2.54. The lowest BCUT2D eigenvalue weighted by Gasteiger charge is -2.27. The number of fused-ring (bicyclic) bond motifs is 18. The van der Waals surface area contributed by atoms with E-state index in [-0.39, 0.29) is 59.1 Å². The Morgan fingerprint density at radius 3 is 0.528 bits per heavy atom. The van der Waals surface area contributed by atoms with Crippen LogP contribution in [-0.4, -0.2) is 197 Å². The number of ether oxygens (including phenoxy) is 3. The van der Waals surface area contributed by atoms with E-state index in [0.29, 0.717) is 78.3 Å². The Bertz CT molecular complexity index is 6840. The minimum Gasteiger partial charge on any atom is -0.455 e. The summed E-state index contributed by atoms with van der Waals surface area (Å²) in [5, 5.41) is 5.68. The number of rotatable bonds is 17. The van der Waals surface area contributed by atoms with Crippen molar-refractivity contribution in [1.29, 1.82) is 0 Å². The summed E-state index contributed by atoms with van der Waals surface area (Å²) in [5.41, 5.74) is -1.24. The molecule has 0 unspecified atom stereocenters. The smallest absolute Gasteiger partial charge is 0.455 e. The van der Waals surface area contributed by atoms with Gasteiger partial charge in [0, 0.05) is 16.7 Å². The van der Waals surface area contributed by atoms with Crippen LogP contribution in [0.15, 0.2) is 109 Å². The highest BCUT2D eigenvalue weighted by atomic mass is 35.5. The van der Waals surface area contributed by atoms with Crippen molar-refractivity contribution in [3.8, 4) is 0 Å². The molecule has 8 aromatic carbocycles. The van der Waals surface area contributed by atoms with Gasteiger partial charge >= 0.3 is 90.0 Å². The second-order valence-electron chi connectivity index (χ2n) is 25.6. The van der Waals surface area contributed by atoms with Crippen LogP contribution in [0, 0.1) is 0 Å². The van der Waals surface area contributed by atoms with E-state index < -0.39 is 187 Å². The molecule has 53 heteroatoms. The van der Waals surface area contributed by atoms with Gasteiger partial charge in [0.1, 0.15) is 72.8 Å². The minimum atomic E-state index is -6.79. The van der Waals surface area contributed by atoms with E-state index in [1.807, 2.05) is 0 Å². The summed E-state index contributed by atoms with van der Waals surface area (Å²) in [7, 11) is 0. The fraction of sp³-hybridized carbons (Fsp3) is 0.250. The predicted octanol–water partition coefficient (Wildman–Crippen LogP) is 20.1. The van der Waals surface area contributed by atoms with Gasteiger partial charge in [-0.15, -0.1) is 0 Å². The number of alkyl halides is 28. The third-order valence-corrected chi connectivity index (χ3v) is 18.0. The van der Waals surface area contributed by atoms with E-state index in [1.165, 1.54) is 6.07 Å². The van der Waals surface area contributed by atoms with Crippen molar-refractivity contribution in [2.24, 2.45) is 0 Å².